The van der Waals surface area contributed by atoms with Crippen molar-refractivity contribution in [1.29, 1.82) is 0 Å². The van der Waals surface area contributed by atoms with Crippen molar-refractivity contribution in [3.05, 3.63) is 0 Å². The summed E-state index contributed by atoms with van der Waals surface area (Å²) >= 11 is 0. The lowest BCUT2D eigenvalue weighted by molar-refractivity contribution is 0.724. The van der Waals surface area contributed by atoms with Crippen molar-refractivity contribution in [1.82, 2.24) is 0 Å². The van der Waals surface area contributed by atoms with Crippen LogP contribution in [0.1, 0.15) is 52.4 Å². The first-order chi connectivity index (χ1) is 5.88. The molecule has 0 aromatic heterocycles. The van der Waals surface area contributed by atoms with Gasteiger partial charge in [-0.15, -0.1) is 0 Å². The van der Waals surface area contributed by atoms with Gasteiger partial charge in [-0.05, 0) is 5.54 Å². The summed E-state index contributed by atoms with van der Waals surface area (Å²) in [7, 11) is -0.228. The molecule has 0 bridgehead atoms. The standard InChI is InChI=1S/C11H24Si/c1-3-5-6-9-12-10-7-8-11(12)4-2/h11-12H,3-10H2,1-2H3. The van der Waals surface area contributed by atoms with Gasteiger partial charge in [-0.25, -0.2) is 0 Å². The Kier molecular flexibility index (Phi) is 4.97. The molecule has 0 N–H and O–H groups in total. The average Bonchev–Trinajstić information content (AvgIpc) is 2.52. The minimum Gasteiger partial charge on any atom is -0.0654 e. The van der Waals surface area contributed by atoms with E-state index in [-0.39, 0.29) is 8.80 Å². The molecule has 2 atom stereocenters. The second kappa shape index (κ2) is 5.79. The van der Waals surface area contributed by atoms with Gasteiger partial charge in [-0.1, -0.05) is 64.5 Å². The van der Waals surface area contributed by atoms with Crippen molar-refractivity contribution in [3.8, 4) is 0 Å². The molecule has 1 heteroatoms. The van der Waals surface area contributed by atoms with Gasteiger partial charge >= 0.3 is 0 Å². The monoisotopic (exact) mass is 184 g/mol. The lowest BCUT2D eigenvalue weighted by atomic mass is 10.2. The summed E-state index contributed by atoms with van der Waals surface area (Å²) in [5.74, 6) is 0. The molecule has 72 valence electrons. The van der Waals surface area contributed by atoms with Crippen LogP contribution in [-0.2, 0) is 0 Å². The van der Waals surface area contributed by atoms with Crippen molar-refractivity contribution in [2.45, 2.75) is 70.0 Å². The van der Waals surface area contributed by atoms with Gasteiger partial charge in [0, 0.05) is 8.80 Å². The first-order valence-electron chi connectivity index (χ1n) is 5.88. The zero-order valence-corrected chi connectivity index (χ0v) is 9.97. The number of unbranched alkanes of at least 4 members (excludes halogenated alkanes) is 2. The molecule has 0 aliphatic carbocycles. The van der Waals surface area contributed by atoms with E-state index < -0.39 is 0 Å². The number of hydrogen-bond acceptors (Lipinski definition) is 0. The third kappa shape index (κ3) is 2.93. The molecule has 1 saturated heterocycles. The zero-order chi connectivity index (χ0) is 8.81. The fourth-order valence-electron chi connectivity index (χ4n) is 2.69. The topological polar surface area (TPSA) is 0 Å². The molecule has 0 saturated carbocycles. The summed E-state index contributed by atoms with van der Waals surface area (Å²) in [6.07, 6.45) is 9.08. The van der Waals surface area contributed by atoms with Crippen LogP contribution in [0.3, 0.4) is 0 Å². The Morgan fingerprint density at radius 3 is 2.75 bits per heavy atom. The van der Waals surface area contributed by atoms with Crippen LogP contribution in [0.5, 0.6) is 0 Å². The SMILES string of the molecule is CCCCC[SiH]1CCCC1CC. The summed E-state index contributed by atoms with van der Waals surface area (Å²) in [6.45, 7) is 4.71. The maximum atomic E-state index is 2.40. The van der Waals surface area contributed by atoms with E-state index in [1.165, 1.54) is 24.8 Å². The predicted molar refractivity (Wildman–Crippen MR) is 59.6 cm³/mol. The summed E-state index contributed by atoms with van der Waals surface area (Å²) in [6, 6.07) is 3.33. The Labute approximate surface area is 79.4 Å². The van der Waals surface area contributed by atoms with Crippen molar-refractivity contribution in [3.63, 3.8) is 0 Å². The Balaban J connectivity index is 2.12. The van der Waals surface area contributed by atoms with Crippen LogP contribution in [0.2, 0.25) is 17.6 Å². The molecule has 0 amide bonds. The van der Waals surface area contributed by atoms with Crippen molar-refractivity contribution in [2.75, 3.05) is 0 Å². The second-order valence-corrected chi connectivity index (χ2v) is 7.97. The first kappa shape index (κ1) is 10.3. The Morgan fingerprint density at radius 1 is 1.25 bits per heavy atom. The Bertz CT molecular complexity index is 112. The highest BCUT2D eigenvalue weighted by molar-refractivity contribution is 6.61. The minimum absolute atomic E-state index is 0.228. The van der Waals surface area contributed by atoms with Crippen LogP contribution in [0.25, 0.3) is 0 Å². The molecule has 0 radical (unpaired) electrons. The largest absolute Gasteiger partial charge is 0.0654 e. The summed E-state index contributed by atoms with van der Waals surface area (Å²) in [5.41, 5.74) is 1.22. The average molecular weight is 184 g/mol. The fourth-order valence-corrected chi connectivity index (χ4v) is 6.87. The van der Waals surface area contributed by atoms with E-state index in [4.69, 9.17) is 0 Å². The van der Waals surface area contributed by atoms with E-state index in [2.05, 4.69) is 13.8 Å². The van der Waals surface area contributed by atoms with E-state index in [1.54, 1.807) is 31.4 Å². The molecule has 1 rings (SSSR count). The van der Waals surface area contributed by atoms with Crippen LogP contribution in [0.4, 0.5) is 0 Å². The molecule has 2 unspecified atom stereocenters. The van der Waals surface area contributed by atoms with Crippen molar-refractivity contribution >= 4 is 8.80 Å². The lowest BCUT2D eigenvalue weighted by Crippen LogP contribution is -2.13. The van der Waals surface area contributed by atoms with Gasteiger partial charge in [0.25, 0.3) is 0 Å². The smallest absolute Gasteiger partial charge is 0.0398 e. The molecule has 1 aliphatic rings. The molecule has 1 fully saturated rings. The Hall–Kier alpha value is 0.217. The van der Waals surface area contributed by atoms with Gasteiger partial charge in [-0.2, -0.15) is 0 Å². The molecule has 0 nitrogen and oxygen atoms in total. The van der Waals surface area contributed by atoms with Crippen LogP contribution in [0.15, 0.2) is 0 Å². The number of rotatable bonds is 5. The number of hydrogen-bond donors (Lipinski definition) is 0. The summed E-state index contributed by atoms with van der Waals surface area (Å²) in [5, 5.41) is 0. The highest BCUT2D eigenvalue weighted by Crippen LogP contribution is 2.36. The third-order valence-electron chi connectivity index (χ3n) is 3.52. The van der Waals surface area contributed by atoms with E-state index in [0.717, 1.165) is 0 Å². The van der Waals surface area contributed by atoms with Gasteiger partial charge in [0.1, 0.15) is 0 Å². The van der Waals surface area contributed by atoms with Gasteiger partial charge in [0.2, 0.25) is 0 Å². The van der Waals surface area contributed by atoms with Gasteiger partial charge in [0.15, 0.2) is 0 Å². The summed E-state index contributed by atoms with van der Waals surface area (Å²) < 4.78 is 0. The van der Waals surface area contributed by atoms with Gasteiger partial charge in [0.05, 0.1) is 0 Å². The second-order valence-electron chi connectivity index (χ2n) is 4.36. The molecule has 0 aromatic rings. The van der Waals surface area contributed by atoms with Crippen LogP contribution >= 0.6 is 0 Å². The molecular formula is C11H24Si. The maximum absolute atomic E-state index is 2.40. The van der Waals surface area contributed by atoms with Gasteiger partial charge in [-0.3, -0.25) is 0 Å². The minimum atomic E-state index is -0.228. The molecular weight excluding hydrogens is 160 g/mol. The highest BCUT2D eigenvalue weighted by atomic mass is 28.3. The normalized spacial score (nSPS) is 29.5. The first-order valence-corrected chi connectivity index (χ1v) is 8.18. The van der Waals surface area contributed by atoms with E-state index >= 15 is 0 Å². The molecule has 0 spiro atoms. The Morgan fingerprint density at radius 2 is 2.08 bits per heavy atom. The van der Waals surface area contributed by atoms with Crippen LogP contribution in [-0.4, -0.2) is 8.80 Å². The third-order valence-corrected chi connectivity index (χ3v) is 7.96. The quantitative estimate of drug-likeness (QED) is 0.448. The van der Waals surface area contributed by atoms with Crippen LogP contribution < -0.4 is 0 Å². The maximum Gasteiger partial charge on any atom is 0.0398 e. The van der Waals surface area contributed by atoms with Gasteiger partial charge < -0.3 is 0 Å². The summed E-state index contributed by atoms with van der Waals surface area (Å²) in [4.78, 5) is 0. The molecule has 1 aliphatic heterocycles. The van der Waals surface area contributed by atoms with E-state index in [0.29, 0.717) is 0 Å². The molecule has 0 aromatic carbocycles. The lowest BCUT2D eigenvalue weighted by Gasteiger charge is -2.15. The highest BCUT2D eigenvalue weighted by Gasteiger charge is 2.25. The molecule has 12 heavy (non-hydrogen) atoms. The molecule has 1 heterocycles. The van der Waals surface area contributed by atoms with Crippen molar-refractivity contribution in [2.24, 2.45) is 0 Å². The van der Waals surface area contributed by atoms with Crippen molar-refractivity contribution < 1.29 is 0 Å². The van der Waals surface area contributed by atoms with E-state index in [1.807, 2.05) is 0 Å². The van der Waals surface area contributed by atoms with Crippen LogP contribution in [0, 0.1) is 0 Å². The van der Waals surface area contributed by atoms with E-state index in [9.17, 15) is 0 Å². The predicted octanol–water partition coefficient (Wildman–Crippen LogP) is 3.98. The zero-order valence-electron chi connectivity index (χ0n) is 8.81. The fraction of sp³-hybridized carbons (Fsp3) is 1.00.